The van der Waals surface area contributed by atoms with Gasteiger partial charge in [0.15, 0.2) is 5.96 Å². The number of nitrogens with zero attached hydrogens (tertiary/aromatic N) is 3. The fourth-order valence-electron chi connectivity index (χ4n) is 3.49. The molecule has 1 aliphatic heterocycles. The molecule has 0 bridgehead atoms. The fourth-order valence-corrected chi connectivity index (χ4v) is 3.62. The van der Waals surface area contributed by atoms with Gasteiger partial charge in [-0.05, 0) is 51.1 Å². The molecule has 0 amide bonds. The Bertz CT molecular complexity index is 587. The van der Waals surface area contributed by atoms with Crippen molar-refractivity contribution in [2.24, 2.45) is 4.99 Å². The van der Waals surface area contributed by atoms with Crippen LogP contribution in [0.25, 0.3) is 0 Å². The molecule has 1 N–H and O–H groups in total. The molecular weight excluding hydrogens is 376 g/mol. The average Bonchev–Trinajstić information content (AvgIpc) is 2.70. The molecule has 1 atom stereocenters. The summed E-state index contributed by atoms with van der Waals surface area (Å²) in [6.07, 6.45) is 3.36. The maximum Gasteiger partial charge on any atom is 0.193 e. The van der Waals surface area contributed by atoms with Crippen molar-refractivity contribution in [1.82, 2.24) is 15.1 Å². The monoisotopic (exact) mass is 410 g/mol. The van der Waals surface area contributed by atoms with Crippen molar-refractivity contribution in [2.45, 2.75) is 31.4 Å². The van der Waals surface area contributed by atoms with Crippen LogP contribution in [-0.2, 0) is 9.47 Å². The Morgan fingerprint density at radius 2 is 1.93 bits per heavy atom. The van der Waals surface area contributed by atoms with Crippen molar-refractivity contribution >= 4 is 17.6 Å². The van der Waals surface area contributed by atoms with E-state index in [2.05, 4.69) is 46.3 Å². The van der Waals surface area contributed by atoms with Crippen molar-refractivity contribution in [3.8, 4) is 0 Å². The number of nitrogens with one attached hydrogen (secondary N) is 1. The van der Waals surface area contributed by atoms with E-state index in [-0.39, 0.29) is 6.04 Å². The highest BCUT2D eigenvalue weighted by molar-refractivity contribution is 6.30. The highest BCUT2D eigenvalue weighted by Gasteiger charge is 2.23. The van der Waals surface area contributed by atoms with Crippen molar-refractivity contribution in [3.05, 3.63) is 34.9 Å². The van der Waals surface area contributed by atoms with Crippen molar-refractivity contribution in [2.75, 3.05) is 61.1 Å². The normalized spacial score (nSPS) is 17.2. The first kappa shape index (κ1) is 22.9. The molecule has 7 heteroatoms. The molecule has 0 spiro atoms. The maximum atomic E-state index is 6.04. The van der Waals surface area contributed by atoms with Gasteiger partial charge in [-0.25, -0.2) is 0 Å². The number of aliphatic imine (C=N–C) groups is 1. The second-order valence-corrected chi connectivity index (χ2v) is 7.80. The Labute approximate surface area is 174 Å². The zero-order valence-corrected chi connectivity index (χ0v) is 18.4. The second kappa shape index (κ2) is 12.3. The molecule has 1 heterocycles. The summed E-state index contributed by atoms with van der Waals surface area (Å²) in [6, 6.07) is 8.31. The number of piperidine rings is 1. The molecule has 1 unspecified atom stereocenters. The van der Waals surface area contributed by atoms with Gasteiger partial charge in [-0.3, -0.25) is 4.99 Å². The predicted molar refractivity (Wildman–Crippen MR) is 116 cm³/mol. The number of hydrogen-bond donors (Lipinski definition) is 1. The summed E-state index contributed by atoms with van der Waals surface area (Å²) in [5.74, 6) is 0.957. The van der Waals surface area contributed by atoms with Gasteiger partial charge >= 0.3 is 0 Å². The zero-order chi connectivity index (χ0) is 20.4. The van der Waals surface area contributed by atoms with E-state index in [1.807, 2.05) is 19.2 Å². The van der Waals surface area contributed by atoms with E-state index in [0.29, 0.717) is 6.10 Å². The summed E-state index contributed by atoms with van der Waals surface area (Å²) < 4.78 is 11.0. The Hall–Kier alpha value is -1.34. The lowest BCUT2D eigenvalue weighted by atomic mass is 10.1. The molecule has 1 saturated heterocycles. The van der Waals surface area contributed by atoms with Crippen LogP contribution in [0.1, 0.15) is 30.9 Å². The molecule has 0 radical (unpaired) electrons. The van der Waals surface area contributed by atoms with Gasteiger partial charge in [0.1, 0.15) is 0 Å². The van der Waals surface area contributed by atoms with E-state index >= 15 is 0 Å². The van der Waals surface area contributed by atoms with Crippen LogP contribution >= 0.6 is 11.6 Å². The molecule has 0 aromatic heterocycles. The number of rotatable bonds is 9. The van der Waals surface area contributed by atoms with E-state index in [1.54, 1.807) is 7.11 Å². The quantitative estimate of drug-likeness (QED) is 0.385. The largest absolute Gasteiger partial charge is 0.385 e. The minimum Gasteiger partial charge on any atom is -0.385 e. The summed E-state index contributed by atoms with van der Waals surface area (Å²) in [4.78, 5) is 9.03. The summed E-state index contributed by atoms with van der Waals surface area (Å²) in [7, 11) is 7.76. The van der Waals surface area contributed by atoms with E-state index in [0.717, 1.165) is 63.1 Å². The topological polar surface area (TPSA) is 49.3 Å². The Morgan fingerprint density at radius 3 is 2.50 bits per heavy atom. The van der Waals surface area contributed by atoms with E-state index in [4.69, 9.17) is 21.1 Å². The minimum absolute atomic E-state index is 0.246. The number of likely N-dealkylation sites (N-methyl/N-ethyl adjacent to an activating group) is 1. The third kappa shape index (κ3) is 7.24. The van der Waals surface area contributed by atoms with Crippen LogP contribution in [0.15, 0.2) is 29.3 Å². The number of ether oxygens (including phenoxy) is 2. The number of guanidine groups is 1. The molecule has 2 rings (SSSR count). The van der Waals surface area contributed by atoms with Gasteiger partial charge in [0, 0.05) is 52.0 Å². The molecule has 28 heavy (non-hydrogen) atoms. The van der Waals surface area contributed by atoms with Crippen LogP contribution in [0.5, 0.6) is 0 Å². The molecule has 0 aliphatic carbocycles. The first-order chi connectivity index (χ1) is 13.5. The molecule has 6 nitrogen and oxygen atoms in total. The SMILES string of the molecule is CN=C(NCC(c1ccc(Cl)cc1)N(C)C)N1CCC(OCCCOC)CC1. The standard InChI is InChI=1S/C21H35ClN4O2/c1-23-21(26-12-10-19(11-13-26)28-15-5-14-27-4)24-16-20(25(2)3)17-6-8-18(22)9-7-17/h6-9,19-20H,5,10-16H2,1-4H3,(H,23,24). The van der Waals surface area contributed by atoms with Gasteiger partial charge in [-0.1, -0.05) is 23.7 Å². The third-order valence-corrected chi connectivity index (χ3v) is 5.38. The Morgan fingerprint density at radius 1 is 1.25 bits per heavy atom. The number of hydrogen-bond acceptors (Lipinski definition) is 4. The van der Waals surface area contributed by atoms with Gasteiger partial charge in [-0.15, -0.1) is 0 Å². The van der Waals surface area contributed by atoms with Gasteiger partial charge in [0.25, 0.3) is 0 Å². The van der Waals surface area contributed by atoms with Gasteiger partial charge in [0.2, 0.25) is 0 Å². The zero-order valence-electron chi connectivity index (χ0n) is 17.7. The number of halogens is 1. The van der Waals surface area contributed by atoms with Crippen molar-refractivity contribution < 1.29 is 9.47 Å². The summed E-state index contributed by atoms with van der Waals surface area (Å²) in [5.41, 5.74) is 1.24. The number of methoxy groups -OCH3 is 1. The molecule has 1 fully saturated rings. The highest BCUT2D eigenvalue weighted by atomic mass is 35.5. The summed E-state index contributed by atoms with van der Waals surface area (Å²) >= 11 is 6.04. The maximum absolute atomic E-state index is 6.04. The van der Waals surface area contributed by atoms with Crippen molar-refractivity contribution in [3.63, 3.8) is 0 Å². The van der Waals surface area contributed by atoms with Gasteiger partial charge in [-0.2, -0.15) is 0 Å². The lowest BCUT2D eigenvalue weighted by Crippen LogP contribution is -2.48. The fraction of sp³-hybridized carbons (Fsp3) is 0.667. The van der Waals surface area contributed by atoms with Crippen LogP contribution in [0.3, 0.4) is 0 Å². The lowest BCUT2D eigenvalue weighted by molar-refractivity contribution is 0.00987. The average molecular weight is 411 g/mol. The number of benzene rings is 1. The van der Waals surface area contributed by atoms with E-state index in [9.17, 15) is 0 Å². The number of likely N-dealkylation sites (tertiary alicyclic amines) is 1. The molecule has 1 aliphatic rings. The van der Waals surface area contributed by atoms with Crippen LogP contribution in [-0.4, -0.2) is 83.0 Å². The van der Waals surface area contributed by atoms with Gasteiger partial charge in [0.05, 0.1) is 12.1 Å². The Balaban J connectivity index is 1.82. The Kier molecular flexibility index (Phi) is 10.1. The highest BCUT2D eigenvalue weighted by Crippen LogP contribution is 2.20. The second-order valence-electron chi connectivity index (χ2n) is 7.36. The molecule has 158 valence electrons. The van der Waals surface area contributed by atoms with Crippen LogP contribution < -0.4 is 5.32 Å². The van der Waals surface area contributed by atoms with Crippen molar-refractivity contribution in [1.29, 1.82) is 0 Å². The van der Waals surface area contributed by atoms with E-state index < -0.39 is 0 Å². The molecular formula is C21H35ClN4O2. The first-order valence-corrected chi connectivity index (χ1v) is 10.4. The molecule has 1 aromatic rings. The van der Waals surface area contributed by atoms with E-state index in [1.165, 1.54) is 5.56 Å². The van der Waals surface area contributed by atoms with Crippen LogP contribution in [0, 0.1) is 0 Å². The predicted octanol–water partition coefficient (Wildman–Crippen LogP) is 3.04. The van der Waals surface area contributed by atoms with Crippen LogP contribution in [0.2, 0.25) is 5.02 Å². The smallest absolute Gasteiger partial charge is 0.193 e. The summed E-state index contributed by atoms with van der Waals surface area (Å²) in [6.45, 7) is 4.24. The third-order valence-electron chi connectivity index (χ3n) is 5.13. The molecule has 1 aromatic carbocycles. The van der Waals surface area contributed by atoms with Gasteiger partial charge < -0.3 is 24.6 Å². The molecule has 0 saturated carbocycles. The first-order valence-electron chi connectivity index (χ1n) is 10.0. The summed E-state index contributed by atoms with van der Waals surface area (Å²) in [5, 5.41) is 4.31. The lowest BCUT2D eigenvalue weighted by Gasteiger charge is -2.35. The minimum atomic E-state index is 0.246. The van der Waals surface area contributed by atoms with Crippen LogP contribution in [0.4, 0.5) is 0 Å².